The Morgan fingerprint density at radius 3 is 1.82 bits per heavy atom. The molecule has 0 aliphatic carbocycles. The molecule has 2 fully saturated rings. The highest BCUT2D eigenvalue weighted by Crippen LogP contribution is 2.37. The zero-order chi connectivity index (χ0) is 20.2. The summed E-state index contributed by atoms with van der Waals surface area (Å²) in [7, 11) is 2.88. The highest BCUT2D eigenvalue weighted by Gasteiger charge is 2.42. The SMILES string of the molecule is COC(=O)CCCCCCC1CC(CC2OC2CCCCCCC(=O)OC)O1. The van der Waals surface area contributed by atoms with Crippen molar-refractivity contribution in [2.75, 3.05) is 14.2 Å². The normalized spacial score (nSPS) is 25.8. The van der Waals surface area contributed by atoms with Crippen LogP contribution in [0.25, 0.3) is 0 Å². The molecule has 2 saturated heterocycles. The molecule has 4 atom stereocenters. The lowest BCUT2D eigenvalue weighted by molar-refractivity contribution is -0.141. The molecule has 0 saturated carbocycles. The van der Waals surface area contributed by atoms with Gasteiger partial charge in [0.25, 0.3) is 0 Å². The van der Waals surface area contributed by atoms with E-state index in [4.69, 9.17) is 9.47 Å². The van der Waals surface area contributed by atoms with Gasteiger partial charge in [0.05, 0.1) is 38.6 Å². The van der Waals surface area contributed by atoms with E-state index in [0.29, 0.717) is 37.3 Å². The van der Waals surface area contributed by atoms with Crippen molar-refractivity contribution in [1.82, 2.24) is 0 Å². The van der Waals surface area contributed by atoms with E-state index in [0.717, 1.165) is 57.8 Å². The lowest BCUT2D eigenvalue weighted by atomic mass is 9.94. The van der Waals surface area contributed by atoms with E-state index < -0.39 is 0 Å². The predicted molar refractivity (Wildman–Crippen MR) is 106 cm³/mol. The number of carbonyl (C=O) groups excluding carboxylic acids is 2. The zero-order valence-corrected chi connectivity index (χ0v) is 17.7. The summed E-state index contributed by atoms with van der Waals surface area (Å²) < 4.78 is 21.1. The summed E-state index contributed by atoms with van der Waals surface area (Å²) in [5, 5.41) is 0. The molecule has 4 unspecified atom stereocenters. The summed E-state index contributed by atoms with van der Waals surface area (Å²) in [6, 6.07) is 0. The molecule has 0 bridgehead atoms. The summed E-state index contributed by atoms with van der Waals surface area (Å²) in [6.45, 7) is 0. The van der Waals surface area contributed by atoms with Gasteiger partial charge >= 0.3 is 11.9 Å². The van der Waals surface area contributed by atoms with Gasteiger partial charge in [0.2, 0.25) is 0 Å². The summed E-state index contributed by atoms with van der Waals surface area (Å²) >= 11 is 0. The Morgan fingerprint density at radius 1 is 0.714 bits per heavy atom. The Balaban J connectivity index is 1.34. The van der Waals surface area contributed by atoms with Crippen molar-refractivity contribution in [2.24, 2.45) is 0 Å². The quantitative estimate of drug-likeness (QED) is 0.219. The second-order valence-electron chi connectivity index (χ2n) is 8.12. The third kappa shape index (κ3) is 9.37. The van der Waals surface area contributed by atoms with Crippen molar-refractivity contribution in [1.29, 1.82) is 0 Å². The molecule has 0 spiro atoms. The zero-order valence-electron chi connectivity index (χ0n) is 17.7. The first-order valence-corrected chi connectivity index (χ1v) is 11.1. The van der Waals surface area contributed by atoms with Gasteiger partial charge in [-0.2, -0.15) is 0 Å². The van der Waals surface area contributed by atoms with Crippen molar-refractivity contribution < 1.29 is 28.5 Å². The number of carbonyl (C=O) groups is 2. The van der Waals surface area contributed by atoms with E-state index in [1.165, 1.54) is 33.5 Å². The predicted octanol–water partition coefficient (Wildman–Crippen LogP) is 4.33. The van der Waals surface area contributed by atoms with Gasteiger partial charge in [-0.25, -0.2) is 0 Å². The highest BCUT2D eigenvalue weighted by atomic mass is 16.6. The molecular weight excluding hydrogens is 360 g/mol. The van der Waals surface area contributed by atoms with Gasteiger partial charge in [0.1, 0.15) is 0 Å². The van der Waals surface area contributed by atoms with Gasteiger partial charge in [0.15, 0.2) is 0 Å². The molecule has 28 heavy (non-hydrogen) atoms. The molecule has 2 aliphatic rings. The molecule has 2 rings (SSSR count). The molecule has 0 aromatic carbocycles. The van der Waals surface area contributed by atoms with E-state index >= 15 is 0 Å². The monoisotopic (exact) mass is 398 g/mol. The molecule has 0 N–H and O–H groups in total. The number of ether oxygens (including phenoxy) is 4. The van der Waals surface area contributed by atoms with Crippen LogP contribution < -0.4 is 0 Å². The molecule has 0 amide bonds. The number of esters is 2. The second-order valence-corrected chi connectivity index (χ2v) is 8.12. The van der Waals surface area contributed by atoms with Gasteiger partial charge in [-0.15, -0.1) is 0 Å². The van der Waals surface area contributed by atoms with Crippen LogP contribution in [-0.4, -0.2) is 50.6 Å². The smallest absolute Gasteiger partial charge is 0.305 e. The number of epoxide rings is 1. The average Bonchev–Trinajstić information content (AvgIpc) is 3.41. The number of unbranched alkanes of at least 4 members (excludes halogenated alkanes) is 6. The Hall–Kier alpha value is -1.14. The Kier molecular flexibility index (Phi) is 10.9. The standard InChI is InChI=1S/C22H38O6/c1-25-21(23)13-9-5-3-7-11-17-15-18(27-17)16-20-19(28-20)12-8-4-6-10-14-22(24)26-2/h17-20H,3-16H2,1-2H3. The fourth-order valence-electron chi connectivity index (χ4n) is 3.96. The summed E-state index contributed by atoms with van der Waals surface area (Å²) in [4.78, 5) is 22.1. The van der Waals surface area contributed by atoms with Crippen LogP contribution in [0.2, 0.25) is 0 Å². The maximum absolute atomic E-state index is 11.0. The van der Waals surface area contributed by atoms with Crippen LogP contribution in [0.4, 0.5) is 0 Å². The van der Waals surface area contributed by atoms with Crippen molar-refractivity contribution in [3.8, 4) is 0 Å². The van der Waals surface area contributed by atoms with Gasteiger partial charge in [-0.3, -0.25) is 9.59 Å². The van der Waals surface area contributed by atoms with Gasteiger partial charge < -0.3 is 18.9 Å². The number of methoxy groups -OCH3 is 2. The van der Waals surface area contributed by atoms with Crippen molar-refractivity contribution in [3.63, 3.8) is 0 Å². The van der Waals surface area contributed by atoms with E-state index in [2.05, 4.69) is 9.47 Å². The van der Waals surface area contributed by atoms with Crippen LogP contribution in [0, 0.1) is 0 Å². The van der Waals surface area contributed by atoms with Crippen LogP contribution in [0.1, 0.15) is 89.9 Å². The Labute approximate surface area is 169 Å². The minimum atomic E-state index is -0.108. The molecular formula is C22H38O6. The molecule has 6 nitrogen and oxygen atoms in total. The largest absolute Gasteiger partial charge is 0.469 e. The van der Waals surface area contributed by atoms with E-state index in [9.17, 15) is 9.59 Å². The van der Waals surface area contributed by atoms with E-state index in [1.807, 2.05) is 0 Å². The molecule has 162 valence electrons. The Morgan fingerprint density at radius 2 is 1.25 bits per heavy atom. The first-order chi connectivity index (χ1) is 13.6. The number of rotatable bonds is 16. The minimum absolute atomic E-state index is 0.107. The van der Waals surface area contributed by atoms with Crippen molar-refractivity contribution in [2.45, 2.75) is 114 Å². The lowest BCUT2D eigenvalue weighted by Crippen LogP contribution is -2.38. The molecule has 0 aromatic rings. The van der Waals surface area contributed by atoms with Crippen LogP contribution in [0.3, 0.4) is 0 Å². The lowest BCUT2D eigenvalue weighted by Gasteiger charge is -2.36. The molecule has 2 aliphatic heterocycles. The number of hydrogen-bond acceptors (Lipinski definition) is 6. The fourth-order valence-corrected chi connectivity index (χ4v) is 3.96. The fraction of sp³-hybridized carbons (Fsp3) is 0.909. The minimum Gasteiger partial charge on any atom is -0.469 e. The number of hydrogen-bond donors (Lipinski definition) is 0. The molecule has 2 heterocycles. The van der Waals surface area contributed by atoms with Crippen LogP contribution in [0.15, 0.2) is 0 Å². The maximum atomic E-state index is 11.0. The van der Waals surface area contributed by atoms with Crippen LogP contribution >= 0.6 is 0 Å². The van der Waals surface area contributed by atoms with Gasteiger partial charge in [0, 0.05) is 19.3 Å². The topological polar surface area (TPSA) is 74.4 Å². The van der Waals surface area contributed by atoms with Crippen molar-refractivity contribution in [3.05, 3.63) is 0 Å². The van der Waals surface area contributed by atoms with E-state index in [-0.39, 0.29) is 11.9 Å². The first-order valence-electron chi connectivity index (χ1n) is 11.1. The average molecular weight is 399 g/mol. The molecule has 6 heteroatoms. The summed E-state index contributed by atoms with van der Waals surface area (Å²) in [5.74, 6) is -0.215. The summed E-state index contributed by atoms with van der Waals surface area (Å²) in [5.41, 5.74) is 0. The van der Waals surface area contributed by atoms with Crippen molar-refractivity contribution >= 4 is 11.9 Å². The van der Waals surface area contributed by atoms with Crippen LogP contribution in [0.5, 0.6) is 0 Å². The Bertz CT molecular complexity index is 460. The molecule has 0 radical (unpaired) electrons. The third-order valence-corrected chi connectivity index (χ3v) is 5.83. The van der Waals surface area contributed by atoms with Gasteiger partial charge in [-0.1, -0.05) is 38.5 Å². The van der Waals surface area contributed by atoms with Gasteiger partial charge in [-0.05, 0) is 32.1 Å². The first kappa shape index (κ1) is 23.1. The van der Waals surface area contributed by atoms with Crippen LogP contribution in [-0.2, 0) is 28.5 Å². The second kappa shape index (κ2) is 13.2. The summed E-state index contributed by atoms with van der Waals surface area (Å²) in [6.07, 6.45) is 15.9. The third-order valence-electron chi connectivity index (χ3n) is 5.83. The maximum Gasteiger partial charge on any atom is 0.305 e. The molecule has 0 aromatic heterocycles. The van der Waals surface area contributed by atoms with E-state index in [1.54, 1.807) is 0 Å². The highest BCUT2D eigenvalue weighted by molar-refractivity contribution is 5.69.